The average Bonchev–Trinajstić information content (AvgIpc) is 2.98. The fourth-order valence-corrected chi connectivity index (χ4v) is 3.24. The summed E-state index contributed by atoms with van der Waals surface area (Å²) in [6, 6.07) is 3.05. The zero-order valence-electron chi connectivity index (χ0n) is 11.6. The van der Waals surface area contributed by atoms with Crippen molar-refractivity contribution in [1.29, 1.82) is 0 Å². The third-order valence-electron chi connectivity index (χ3n) is 3.50. The fourth-order valence-electron chi connectivity index (χ4n) is 2.28. The molecule has 1 fully saturated rings. The van der Waals surface area contributed by atoms with Gasteiger partial charge in [-0.2, -0.15) is 4.39 Å². The molecule has 0 spiro atoms. The standard InChI is InChI=1S/C14H15FN4OS/c1-10(20)18-4-6-19(7-5-18)14-17-9-12(21-14)11-2-3-13(15)16-8-11/h2-3,8-9H,4-7H2,1H3. The van der Waals surface area contributed by atoms with E-state index >= 15 is 0 Å². The summed E-state index contributed by atoms with van der Waals surface area (Å²) >= 11 is 1.56. The van der Waals surface area contributed by atoms with Gasteiger partial charge in [-0.25, -0.2) is 9.97 Å². The Balaban J connectivity index is 1.71. The van der Waals surface area contributed by atoms with Gasteiger partial charge in [-0.1, -0.05) is 11.3 Å². The van der Waals surface area contributed by atoms with Crippen LogP contribution in [-0.2, 0) is 4.79 Å². The van der Waals surface area contributed by atoms with Gasteiger partial charge in [-0.3, -0.25) is 4.79 Å². The molecule has 1 saturated heterocycles. The van der Waals surface area contributed by atoms with Crippen LogP contribution in [0.2, 0.25) is 0 Å². The molecule has 3 heterocycles. The summed E-state index contributed by atoms with van der Waals surface area (Å²) < 4.78 is 12.8. The minimum Gasteiger partial charge on any atom is -0.345 e. The van der Waals surface area contributed by atoms with Gasteiger partial charge in [0.2, 0.25) is 11.9 Å². The number of anilines is 1. The Kier molecular flexibility index (Phi) is 3.83. The molecule has 21 heavy (non-hydrogen) atoms. The zero-order chi connectivity index (χ0) is 14.8. The molecule has 0 atom stereocenters. The lowest BCUT2D eigenvalue weighted by molar-refractivity contribution is -0.129. The molecule has 0 radical (unpaired) electrons. The number of rotatable bonds is 2. The molecular weight excluding hydrogens is 291 g/mol. The van der Waals surface area contributed by atoms with Crippen LogP contribution in [-0.4, -0.2) is 47.0 Å². The van der Waals surface area contributed by atoms with Gasteiger partial charge in [0, 0.05) is 51.1 Å². The van der Waals surface area contributed by atoms with E-state index in [0.717, 1.165) is 41.8 Å². The topological polar surface area (TPSA) is 49.3 Å². The number of aromatic nitrogens is 2. The molecule has 2 aromatic rings. The van der Waals surface area contributed by atoms with Crippen LogP contribution in [0.1, 0.15) is 6.92 Å². The molecule has 0 unspecified atom stereocenters. The van der Waals surface area contributed by atoms with Crippen molar-refractivity contribution >= 4 is 22.4 Å². The summed E-state index contributed by atoms with van der Waals surface area (Å²) in [7, 11) is 0. The van der Waals surface area contributed by atoms with Gasteiger partial charge in [0.15, 0.2) is 5.13 Å². The second-order valence-corrected chi connectivity index (χ2v) is 5.88. The lowest BCUT2D eigenvalue weighted by Gasteiger charge is -2.33. The van der Waals surface area contributed by atoms with Crippen LogP contribution < -0.4 is 4.90 Å². The van der Waals surface area contributed by atoms with E-state index in [4.69, 9.17) is 0 Å². The van der Waals surface area contributed by atoms with Gasteiger partial charge >= 0.3 is 0 Å². The maximum absolute atomic E-state index is 12.8. The summed E-state index contributed by atoms with van der Waals surface area (Å²) in [4.78, 5) is 24.4. The first kappa shape index (κ1) is 13.9. The maximum Gasteiger partial charge on any atom is 0.219 e. The smallest absolute Gasteiger partial charge is 0.219 e. The number of hydrogen-bond acceptors (Lipinski definition) is 5. The number of hydrogen-bond donors (Lipinski definition) is 0. The predicted octanol–water partition coefficient (Wildman–Crippen LogP) is 2.01. The van der Waals surface area contributed by atoms with Crippen molar-refractivity contribution in [1.82, 2.24) is 14.9 Å². The molecule has 3 rings (SSSR count). The van der Waals surface area contributed by atoms with Crippen molar-refractivity contribution < 1.29 is 9.18 Å². The van der Waals surface area contributed by atoms with Gasteiger partial charge in [0.05, 0.1) is 4.88 Å². The summed E-state index contributed by atoms with van der Waals surface area (Å²) in [6.07, 6.45) is 3.30. The highest BCUT2D eigenvalue weighted by atomic mass is 32.1. The molecule has 0 bridgehead atoms. The van der Waals surface area contributed by atoms with Crippen LogP contribution in [0.3, 0.4) is 0 Å². The quantitative estimate of drug-likeness (QED) is 0.797. The summed E-state index contributed by atoms with van der Waals surface area (Å²) in [5, 5.41) is 0.928. The highest BCUT2D eigenvalue weighted by Gasteiger charge is 2.20. The first-order valence-electron chi connectivity index (χ1n) is 6.72. The molecule has 0 aromatic carbocycles. The molecule has 1 aliphatic rings. The summed E-state index contributed by atoms with van der Waals surface area (Å²) in [5.41, 5.74) is 0.863. The lowest BCUT2D eigenvalue weighted by Crippen LogP contribution is -2.48. The van der Waals surface area contributed by atoms with Crippen molar-refractivity contribution in [2.24, 2.45) is 0 Å². The number of carbonyl (C=O) groups is 1. The number of thiazole rings is 1. The van der Waals surface area contributed by atoms with Crippen molar-refractivity contribution in [3.05, 3.63) is 30.5 Å². The van der Waals surface area contributed by atoms with E-state index in [1.807, 2.05) is 4.90 Å². The molecule has 2 aromatic heterocycles. The van der Waals surface area contributed by atoms with Crippen molar-refractivity contribution in [2.45, 2.75) is 6.92 Å². The number of amides is 1. The molecule has 5 nitrogen and oxygen atoms in total. The van der Waals surface area contributed by atoms with Gasteiger partial charge in [0.25, 0.3) is 0 Å². The molecular formula is C14H15FN4OS. The van der Waals surface area contributed by atoms with Crippen molar-refractivity contribution in [3.63, 3.8) is 0 Å². The van der Waals surface area contributed by atoms with E-state index in [9.17, 15) is 9.18 Å². The monoisotopic (exact) mass is 306 g/mol. The third-order valence-corrected chi connectivity index (χ3v) is 4.61. The van der Waals surface area contributed by atoms with Gasteiger partial charge < -0.3 is 9.80 Å². The number of nitrogens with zero attached hydrogens (tertiary/aromatic N) is 4. The van der Waals surface area contributed by atoms with E-state index in [-0.39, 0.29) is 5.91 Å². The molecule has 0 aliphatic carbocycles. The Morgan fingerprint density at radius 2 is 1.95 bits per heavy atom. The minimum atomic E-state index is -0.483. The molecule has 110 valence electrons. The van der Waals surface area contributed by atoms with Crippen LogP contribution in [0, 0.1) is 5.95 Å². The van der Waals surface area contributed by atoms with E-state index in [0.29, 0.717) is 0 Å². The Bertz CT molecular complexity index is 635. The highest BCUT2D eigenvalue weighted by molar-refractivity contribution is 7.18. The van der Waals surface area contributed by atoms with Crippen molar-refractivity contribution in [3.8, 4) is 10.4 Å². The number of halogens is 1. The molecule has 1 amide bonds. The third kappa shape index (κ3) is 3.02. The molecule has 0 N–H and O–H groups in total. The average molecular weight is 306 g/mol. The van der Waals surface area contributed by atoms with Gasteiger partial charge in [-0.05, 0) is 12.1 Å². The molecule has 1 aliphatic heterocycles. The fraction of sp³-hybridized carbons (Fsp3) is 0.357. The number of carbonyl (C=O) groups excluding carboxylic acids is 1. The maximum atomic E-state index is 12.8. The summed E-state index contributed by atoms with van der Waals surface area (Å²) in [6.45, 7) is 4.62. The summed E-state index contributed by atoms with van der Waals surface area (Å²) in [5.74, 6) is -0.365. The normalized spacial score (nSPS) is 15.3. The second-order valence-electron chi connectivity index (χ2n) is 4.87. The first-order valence-corrected chi connectivity index (χ1v) is 7.53. The second kappa shape index (κ2) is 5.77. The Labute approximate surface area is 126 Å². The van der Waals surface area contributed by atoms with Crippen LogP contribution >= 0.6 is 11.3 Å². The number of piperazine rings is 1. The van der Waals surface area contributed by atoms with Crippen LogP contribution in [0.25, 0.3) is 10.4 Å². The van der Waals surface area contributed by atoms with Gasteiger partial charge in [-0.15, -0.1) is 0 Å². The zero-order valence-corrected chi connectivity index (χ0v) is 12.4. The van der Waals surface area contributed by atoms with Crippen LogP contribution in [0.5, 0.6) is 0 Å². The Morgan fingerprint density at radius 3 is 2.57 bits per heavy atom. The SMILES string of the molecule is CC(=O)N1CCN(c2ncc(-c3ccc(F)nc3)s2)CC1. The molecule has 0 saturated carbocycles. The predicted molar refractivity (Wildman–Crippen MR) is 79.8 cm³/mol. The van der Waals surface area contributed by atoms with Crippen LogP contribution in [0.4, 0.5) is 9.52 Å². The Morgan fingerprint density at radius 1 is 1.19 bits per heavy atom. The van der Waals surface area contributed by atoms with Gasteiger partial charge in [0.1, 0.15) is 0 Å². The van der Waals surface area contributed by atoms with Crippen LogP contribution in [0.15, 0.2) is 24.5 Å². The van der Waals surface area contributed by atoms with E-state index in [1.165, 1.54) is 12.3 Å². The van der Waals surface area contributed by atoms with Crippen molar-refractivity contribution in [2.75, 3.05) is 31.1 Å². The Hall–Kier alpha value is -2.02. The largest absolute Gasteiger partial charge is 0.345 e. The molecule has 7 heteroatoms. The van der Waals surface area contributed by atoms with E-state index < -0.39 is 5.95 Å². The van der Waals surface area contributed by atoms with E-state index in [1.54, 1.807) is 30.5 Å². The lowest BCUT2D eigenvalue weighted by atomic mass is 10.2. The minimum absolute atomic E-state index is 0.117. The van der Waals surface area contributed by atoms with E-state index in [2.05, 4.69) is 14.9 Å². The highest BCUT2D eigenvalue weighted by Crippen LogP contribution is 2.31. The first-order chi connectivity index (χ1) is 10.1. The number of pyridine rings is 1.